The number of nitrogens with one attached hydrogen (secondary N) is 1. The predicted octanol–water partition coefficient (Wildman–Crippen LogP) is 1.95. The van der Waals surface area contributed by atoms with Gasteiger partial charge in [-0.3, -0.25) is 9.36 Å². The van der Waals surface area contributed by atoms with Crippen LogP contribution in [0, 0.1) is 5.82 Å². The molecular weight excluding hydrogens is 266 g/mol. The van der Waals surface area contributed by atoms with Crippen LogP contribution in [0.25, 0.3) is 0 Å². The Morgan fingerprint density at radius 2 is 2.12 bits per heavy atom. The summed E-state index contributed by atoms with van der Waals surface area (Å²) in [6.45, 7) is -0.0153. The van der Waals surface area contributed by atoms with Crippen molar-refractivity contribution in [1.82, 2.24) is 9.55 Å². The first-order valence-electron chi connectivity index (χ1n) is 4.60. The topological polar surface area (TPSA) is 46.9 Å². The molecule has 1 aromatic heterocycles. The first-order chi connectivity index (χ1) is 7.82. The second kappa shape index (κ2) is 3.86. The SMILES string of the molecule is O=c1c(F)c(Cl)nc2n1C(C(F)(F)F)CCN2. The molecule has 0 aromatic carbocycles. The van der Waals surface area contributed by atoms with E-state index < -0.39 is 28.7 Å². The summed E-state index contributed by atoms with van der Waals surface area (Å²) in [5.41, 5.74) is -1.42. The average molecular weight is 272 g/mol. The summed E-state index contributed by atoms with van der Waals surface area (Å²) in [5, 5.41) is 1.74. The van der Waals surface area contributed by atoms with Crippen LogP contribution in [0.15, 0.2) is 4.79 Å². The summed E-state index contributed by atoms with van der Waals surface area (Å²) in [6, 6.07) is -2.08. The normalized spacial score (nSPS) is 19.7. The van der Waals surface area contributed by atoms with E-state index in [1.807, 2.05) is 0 Å². The van der Waals surface area contributed by atoms with E-state index in [0.29, 0.717) is 0 Å². The third kappa shape index (κ3) is 1.97. The lowest BCUT2D eigenvalue weighted by Gasteiger charge is -2.29. The van der Waals surface area contributed by atoms with Crippen LogP contribution in [0.4, 0.5) is 23.5 Å². The number of rotatable bonds is 0. The lowest BCUT2D eigenvalue weighted by molar-refractivity contribution is -0.170. The number of fused-ring (bicyclic) bond motifs is 1. The third-order valence-electron chi connectivity index (χ3n) is 2.41. The van der Waals surface area contributed by atoms with Crippen molar-refractivity contribution in [3.05, 3.63) is 21.3 Å². The molecule has 0 amide bonds. The van der Waals surface area contributed by atoms with Gasteiger partial charge in [0.25, 0.3) is 5.56 Å². The zero-order chi connectivity index (χ0) is 12.8. The fourth-order valence-corrected chi connectivity index (χ4v) is 1.82. The molecule has 1 N–H and O–H groups in total. The lowest BCUT2D eigenvalue weighted by atomic mass is 10.1. The van der Waals surface area contributed by atoms with Gasteiger partial charge in [0.2, 0.25) is 11.8 Å². The van der Waals surface area contributed by atoms with Gasteiger partial charge in [-0.25, -0.2) is 0 Å². The van der Waals surface area contributed by atoms with Crippen LogP contribution in [0.1, 0.15) is 12.5 Å². The standard InChI is InChI=1S/C8H6ClF4N3O/c9-5-4(10)6(17)16-3(8(11,12)13)1-2-14-7(16)15-5/h3H,1-2H2,(H,14,15). The van der Waals surface area contributed by atoms with Gasteiger partial charge in [-0.2, -0.15) is 22.5 Å². The molecule has 2 rings (SSSR count). The fraction of sp³-hybridized carbons (Fsp3) is 0.500. The molecule has 0 fully saturated rings. The van der Waals surface area contributed by atoms with Crippen molar-refractivity contribution in [2.45, 2.75) is 18.6 Å². The fourth-order valence-electron chi connectivity index (χ4n) is 1.66. The zero-order valence-electron chi connectivity index (χ0n) is 8.18. The largest absolute Gasteiger partial charge is 0.409 e. The van der Waals surface area contributed by atoms with E-state index in [9.17, 15) is 22.4 Å². The van der Waals surface area contributed by atoms with Gasteiger partial charge in [-0.15, -0.1) is 0 Å². The molecule has 1 unspecified atom stereocenters. The monoisotopic (exact) mass is 271 g/mol. The van der Waals surface area contributed by atoms with Gasteiger partial charge in [0.05, 0.1) is 0 Å². The molecule has 0 spiro atoms. The number of alkyl halides is 3. The maximum Gasteiger partial charge on any atom is 0.409 e. The highest BCUT2D eigenvalue weighted by atomic mass is 35.5. The van der Waals surface area contributed by atoms with Gasteiger partial charge in [-0.1, -0.05) is 11.6 Å². The molecule has 0 saturated carbocycles. The van der Waals surface area contributed by atoms with Gasteiger partial charge >= 0.3 is 6.18 Å². The highest BCUT2D eigenvalue weighted by Crippen LogP contribution is 2.36. The van der Waals surface area contributed by atoms with E-state index in [-0.39, 0.29) is 23.5 Å². The summed E-state index contributed by atoms with van der Waals surface area (Å²) < 4.78 is 51.4. The lowest BCUT2D eigenvalue weighted by Crippen LogP contribution is -2.42. The summed E-state index contributed by atoms with van der Waals surface area (Å²) in [6.07, 6.45) is -5.00. The average Bonchev–Trinajstić information content (AvgIpc) is 2.24. The van der Waals surface area contributed by atoms with Crippen LogP contribution in [0.3, 0.4) is 0 Å². The molecule has 4 nitrogen and oxygen atoms in total. The van der Waals surface area contributed by atoms with E-state index in [4.69, 9.17) is 11.6 Å². The Labute approximate surface area is 97.2 Å². The van der Waals surface area contributed by atoms with Crippen molar-refractivity contribution in [1.29, 1.82) is 0 Å². The Morgan fingerprint density at radius 1 is 1.47 bits per heavy atom. The van der Waals surface area contributed by atoms with Crippen LogP contribution >= 0.6 is 11.6 Å². The first kappa shape index (κ1) is 12.2. The van der Waals surface area contributed by atoms with Crippen molar-refractivity contribution >= 4 is 17.5 Å². The molecule has 2 heterocycles. The number of nitrogens with zero attached hydrogens (tertiary/aromatic N) is 2. The summed E-state index contributed by atoms with van der Waals surface area (Å²) in [4.78, 5) is 14.8. The minimum absolute atomic E-state index is 0.0153. The quantitative estimate of drug-likeness (QED) is 0.579. The smallest absolute Gasteiger partial charge is 0.355 e. The summed E-state index contributed by atoms with van der Waals surface area (Å²) in [7, 11) is 0. The molecule has 1 aromatic rings. The van der Waals surface area contributed by atoms with Crippen molar-refractivity contribution in [2.24, 2.45) is 0 Å². The number of aromatic nitrogens is 2. The van der Waals surface area contributed by atoms with E-state index >= 15 is 0 Å². The maximum absolute atomic E-state index is 13.2. The predicted molar refractivity (Wildman–Crippen MR) is 51.7 cm³/mol. The van der Waals surface area contributed by atoms with Gasteiger partial charge in [0.1, 0.15) is 6.04 Å². The second-order valence-electron chi connectivity index (χ2n) is 3.49. The molecule has 1 atom stereocenters. The molecule has 1 aliphatic heterocycles. The van der Waals surface area contributed by atoms with Crippen LogP contribution in [0.2, 0.25) is 5.15 Å². The Kier molecular flexibility index (Phi) is 2.76. The van der Waals surface area contributed by atoms with Crippen LogP contribution in [0.5, 0.6) is 0 Å². The van der Waals surface area contributed by atoms with E-state index in [1.165, 1.54) is 0 Å². The van der Waals surface area contributed by atoms with E-state index in [0.717, 1.165) is 0 Å². The van der Waals surface area contributed by atoms with Gasteiger partial charge < -0.3 is 5.32 Å². The minimum atomic E-state index is -4.64. The van der Waals surface area contributed by atoms with E-state index in [2.05, 4.69) is 10.3 Å². The number of hydrogen-bond acceptors (Lipinski definition) is 3. The summed E-state index contributed by atoms with van der Waals surface area (Å²) >= 11 is 5.29. The molecule has 0 radical (unpaired) electrons. The Balaban J connectivity index is 2.66. The van der Waals surface area contributed by atoms with Gasteiger partial charge in [-0.05, 0) is 6.42 Å². The zero-order valence-corrected chi connectivity index (χ0v) is 8.94. The highest BCUT2D eigenvalue weighted by molar-refractivity contribution is 6.29. The third-order valence-corrected chi connectivity index (χ3v) is 2.66. The molecule has 0 aliphatic carbocycles. The summed E-state index contributed by atoms with van der Waals surface area (Å²) in [5.74, 6) is -1.84. The Bertz CT molecular complexity index is 513. The van der Waals surface area contributed by atoms with Crippen molar-refractivity contribution in [2.75, 3.05) is 11.9 Å². The molecular formula is C8H6ClF4N3O. The number of hydrogen-bond donors (Lipinski definition) is 1. The van der Waals surface area contributed by atoms with Crippen LogP contribution in [-0.2, 0) is 0 Å². The number of anilines is 1. The highest BCUT2D eigenvalue weighted by Gasteiger charge is 2.44. The molecule has 0 saturated heterocycles. The molecule has 0 bridgehead atoms. The minimum Gasteiger partial charge on any atom is -0.355 e. The van der Waals surface area contributed by atoms with Crippen molar-refractivity contribution in [3.8, 4) is 0 Å². The molecule has 9 heteroatoms. The second-order valence-corrected chi connectivity index (χ2v) is 3.85. The maximum atomic E-state index is 13.2. The molecule has 1 aliphatic rings. The molecule has 94 valence electrons. The van der Waals surface area contributed by atoms with Gasteiger partial charge in [0.15, 0.2) is 5.15 Å². The van der Waals surface area contributed by atoms with Crippen LogP contribution < -0.4 is 10.9 Å². The van der Waals surface area contributed by atoms with E-state index in [1.54, 1.807) is 0 Å². The van der Waals surface area contributed by atoms with Crippen LogP contribution in [-0.4, -0.2) is 22.3 Å². The van der Waals surface area contributed by atoms with Gasteiger partial charge in [0, 0.05) is 6.54 Å². The number of halogens is 5. The Hall–Kier alpha value is -1.31. The van der Waals surface area contributed by atoms with Crippen molar-refractivity contribution < 1.29 is 17.6 Å². The van der Waals surface area contributed by atoms with Crippen molar-refractivity contribution in [3.63, 3.8) is 0 Å². The molecule has 17 heavy (non-hydrogen) atoms. The Morgan fingerprint density at radius 3 is 2.71 bits per heavy atom. The first-order valence-corrected chi connectivity index (χ1v) is 4.98.